The summed E-state index contributed by atoms with van der Waals surface area (Å²) < 4.78 is 5.07. The van der Waals surface area contributed by atoms with E-state index in [0.717, 1.165) is 6.42 Å². The molecule has 0 aliphatic heterocycles. The minimum atomic E-state index is -0.536. The third-order valence-electron chi connectivity index (χ3n) is 2.63. The number of nitrogens with one attached hydrogen (secondary N) is 1. The molecule has 0 atom stereocenters. The average Bonchev–Trinajstić information content (AvgIpc) is 2.37. The summed E-state index contributed by atoms with van der Waals surface area (Å²) in [7, 11) is 1.59. The van der Waals surface area contributed by atoms with E-state index in [1.165, 1.54) is 18.2 Å². The summed E-state index contributed by atoms with van der Waals surface area (Å²) in [6.45, 7) is 4.37. The molecule has 0 fully saturated rings. The number of carbonyl (C=O) groups is 1. The van der Waals surface area contributed by atoms with Crippen molar-refractivity contribution in [2.75, 3.05) is 19.0 Å². The van der Waals surface area contributed by atoms with Crippen molar-refractivity contribution in [3.8, 4) is 0 Å². The van der Waals surface area contributed by atoms with E-state index in [1.54, 1.807) is 7.05 Å². The molecule has 1 rings (SSSR count). The Bertz CT molecular complexity index is 472. The summed E-state index contributed by atoms with van der Waals surface area (Å²) in [6, 6.07) is 4.23. The van der Waals surface area contributed by atoms with Gasteiger partial charge in [-0.15, -0.1) is 0 Å². The summed E-state index contributed by atoms with van der Waals surface area (Å²) in [5, 5.41) is 13.6. The molecule has 0 saturated heterocycles. The van der Waals surface area contributed by atoms with Crippen molar-refractivity contribution < 1.29 is 14.5 Å². The number of carbonyl (C=O) groups excluding carboxylic acids is 1. The van der Waals surface area contributed by atoms with Gasteiger partial charge in [0.1, 0.15) is 5.69 Å². The second-order valence-corrected chi connectivity index (χ2v) is 4.56. The molecule has 6 heteroatoms. The Morgan fingerprint density at radius 3 is 2.68 bits per heavy atom. The highest BCUT2D eigenvalue weighted by molar-refractivity contribution is 5.91. The van der Waals surface area contributed by atoms with Crippen LogP contribution in [0.3, 0.4) is 0 Å². The van der Waals surface area contributed by atoms with Gasteiger partial charge in [-0.2, -0.15) is 0 Å². The number of benzene rings is 1. The van der Waals surface area contributed by atoms with Crippen LogP contribution < -0.4 is 5.32 Å². The predicted molar refractivity (Wildman–Crippen MR) is 72.4 cm³/mol. The monoisotopic (exact) mass is 266 g/mol. The van der Waals surface area contributed by atoms with Gasteiger partial charge in [0.25, 0.3) is 5.69 Å². The first-order valence-corrected chi connectivity index (χ1v) is 6.09. The van der Waals surface area contributed by atoms with Crippen molar-refractivity contribution in [1.29, 1.82) is 0 Å². The van der Waals surface area contributed by atoms with Gasteiger partial charge in [0.15, 0.2) is 0 Å². The lowest BCUT2D eigenvalue weighted by atomic mass is 10.1. The third kappa shape index (κ3) is 4.24. The maximum absolute atomic E-state index is 11.7. The first kappa shape index (κ1) is 14.9. The van der Waals surface area contributed by atoms with Gasteiger partial charge in [-0.05, 0) is 24.5 Å². The minimum absolute atomic E-state index is 0.138. The molecular weight excluding hydrogens is 248 g/mol. The number of nitro groups is 1. The Labute approximate surface area is 111 Å². The number of hydrogen-bond donors (Lipinski definition) is 1. The van der Waals surface area contributed by atoms with Crippen LogP contribution in [0, 0.1) is 16.0 Å². The second-order valence-electron chi connectivity index (χ2n) is 4.56. The van der Waals surface area contributed by atoms with Gasteiger partial charge < -0.3 is 10.1 Å². The number of nitrogens with zero attached hydrogens (tertiary/aromatic N) is 1. The number of anilines is 1. The highest BCUT2D eigenvalue weighted by Crippen LogP contribution is 2.25. The Hall–Kier alpha value is -2.11. The van der Waals surface area contributed by atoms with E-state index >= 15 is 0 Å². The van der Waals surface area contributed by atoms with Crippen molar-refractivity contribution in [1.82, 2.24) is 0 Å². The van der Waals surface area contributed by atoms with Gasteiger partial charge >= 0.3 is 5.97 Å². The summed E-state index contributed by atoms with van der Waals surface area (Å²) >= 11 is 0. The molecule has 0 unspecified atom stereocenters. The predicted octanol–water partition coefficient (Wildman–Crippen LogP) is 2.84. The van der Waals surface area contributed by atoms with E-state index in [9.17, 15) is 14.9 Å². The van der Waals surface area contributed by atoms with Gasteiger partial charge in [-0.3, -0.25) is 10.1 Å². The van der Waals surface area contributed by atoms with E-state index in [-0.39, 0.29) is 11.3 Å². The Morgan fingerprint density at radius 1 is 1.47 bits per heavy atom. The van der Waals surface area contributed by atoms with Gasteiger partial charge in [0, 0.05) is 13.1 Å². The maximum atomic E-state index is 11.7. The van der Waals surface area contributed by atoms with Gasteiger partial charge in [-0.1, -0.05) is 13.8 Å². The van der Waals surface area contributed by atoms with Crippen molar-refractivity contribution in [3.63, 3.8) is 0 Å². The van der Waals surface area contributed by atoms with E-state index in [1.807, 2.05) is 13.8 Å². The first-order valence-electron chi connectivity index (χ1n) is 6.09. The number of ether oxygens (including phenoxy) is 1. The number of rotatable bonds is 6. The van der Waals surface area contributed by atoms with Crippen molar-refractivity contribution in [2.24, 2.45) is 5.92 Å². The molecule has 0 bridgehead atoms. The lowest BCUT2D eigenvalue weighted by Crippen LogP contribution is -2.09. The van der Waals surface area contributed by atoms with Crippen LogP contribution in [-0.4, -0.2) is 24.5 Å². The third-order valence-corrected chi connectivity index (χ3v) is 2.63. The van der Waals surface area contributed by atoms with Crippen LogP contribution in [0.5, 0.6) is 0 Å². The van der Waals surface area contributed by atoms with Crippen LogP contribution in [0.25, 0.3) is 0 Å². The molecule has 0 radical (unpaired) electrons. The Balaban J connectivity index is 2.81. The molecule has 1 aromatic rings. The fourth-order valence-corrected chi connectivity index (χ4v) is 1.49. The zero-order valence-electron chi connectivity index (χ0n) is 11.3. The standard InChI is InChI=1S/C13H18N2O4/c1-9(2)6-7-19-13(16)10-4-5-11(14-3)12(8-10)15(17)18/h4-5,8-9,14H,6-7H2,1-3H3. The van der Waals surface area contributed by atoms with Gasteiger partial charge in [0.05, 0.1) is 17.1 Å². The first-order chi connectivity index (χ1) is 8.95. The molecule has 0 spiro atoms. The minimum Gasteiger partial charge on any atom is -0.462 e. The fraction of sp³-hybridized carbons (Fsp3) is 0.462. The molecule has 6 nitrogen and oxygen atoms in total. The molecule has 1 N–H and O–H groups in total. The van der Waals surface area contributed by atoms with Crippen LogP contribution in [0.15, 0.2) is 18.2 Å². The quantitative estimate of drug-likeness (QED) is 0.486. The molecule has 0 saturated carbocycles. The fourth-order valence-electron chi connectivity index (χ4n) is 1.49. The summed E-state index contributed by atoms with van der Waals surface area (Å²) in [4.78, 5) is 22.1. The number of esters is 1. The summed E-state index contributed by atoms with van der Waals surface area (Å²) in [5.41, 5.74) is 0.416. The maximum Gasteiger partial charge on any atom is 0.338 e. The van der Waals surface area contributed by atoms with Crippen molar-refractivity contribution in [2.45, 2.75) is 20.3 Å². The smallest absolute Gasteiger partial charge is 0.338 e. The van der Waals surface area contributed by atoms with Gasteiger partial charge in [-0.25, -0.2) is 4.79 Å². The van der Waals surface area contributed by atoms with Crippen molar-refractivity contribution in [3.05, 3.63) is 33.9 Å². The molecule has 0 heterocycles. The highest BCUT2D eigenvalue weighted by atomic mass is 16.6. The van der Waals surface area contributed by atoms with E-state index < -0.39 is 10.9 Å². The SMILES string of the molecule is CNc1ccc(C(=O)OCCC(C)C)cc1[N+](=O)[O-]. The zero-order chi connectivity index (χ0) is 14.4. The molecule has 104 valence electrons. The van der Waals surface area contributed by atoms with Gasteiger partial charge in [0.2, 0.25) is 0 Å². The molecular formula is C13H18N2O4. The second kappa shape index (κ2) is 6.72. The Kier molecular flexibility index (Phi) is 5.29. The van der Waals surface area contributed by atoms with E-state index in [0.29, 0.717) is 18.2 Å². The normalized spacial score (nSPS) is 10.3. The molecule has 0 aromatic heterocycles. The van der Waals surface area contributed by atoms with Crippen LogP contribution in [0.2, 0.25) is 0 Å². The highest BCUT2D eigenvalue weighted by Gasteiger charge is 2.17. The lowest BCUT2D eigenvalue weighted by molar-refractivity contribution is -0.384. The van der Waals surface area contributed by atoms with E-state index in [2.05, 4.69) is 5.32 Å². The molecule has 1 aromatic carbocycles. The molecule has 0 aliphatic carbocycles. The van der Waals surface area contributed by atoms with Crippen LogP contribution >= 0.6 is 0 Å². The van der Waals surface area contributed by atoms with Crippen LogP contribution in [0.4, 0.5) is 11.4 Å². The Morgan fingerprint density at radius 2 is 2.16 bits per heavy atom. The lowest BCUT2D eigenvalue weighted by Gasteiger charge is -2.08. The van der Waals surface area contributed by atoms with Crippen LogP contribution in [-0.2, 0) is 4.74 Å². The zero-order valence-corrected chi connectivity index (χ0v) is 11.3. The number of hydrogen-bond acceptors (Lipinski definition) is 5. The average molecular weight is 266 g/mol. The largest absolute Gasteiger partial charge is 0.462 e. The number of nitro benzene ring substituents is 1. The molecule has 19 heavy (non-hydrogen) atoms. The molecule has 0 amide bonds. The summed E-state index contributed by atoms with van der Waals surface area (Å²) in [5.74, 6) is -0.0970. The topological polar surface area (TPSA) is 81.5 Å². The van der Waals surface area contributed by atoms with E-state index in [4.69, 9.17) is 4.74 Å². The summed E-state index contributed by atoms with van der Waals surface area (Å²) in [6.07, 6.45) is 0.766. The molecule has 0 aliphatic rings. The van der Waals surface area contributed by atoms with Crippen molar-refractivity contribution >= 4 is 17.3 Å². The van der Waals surface area contributed by atoms with Crippen LogP contribution in [0.1, 0.15) is 30.6 Å².